The van der Waals surface area contributed by atoms with Crippen LogP contribution in [0.15, 0.2) is 0 Å². The molecule has 0 aromatic heterocycles. The van der Waals surface area contributed by atoms with Gasteiger partial charge in [-0.1, -0.05) is 13.3 Å². The average molecular weight is 162 g/mol. The van der Waals surface area contributed by atoms with Crippen molar-refractivity contribution >= 4 is 0 Å². The molecule has 0 heteroatoms. The number of hydrogen-bond acceptors (Lipinski definition) is 0. The Kier molecular flexibility index (Phi) is 9.38. The van der Waals surface area contributed by atoms with E-state index in [1.807, 2.05) is 6.92 Å². The standard InChI is InChI=1S/C12H18/c1-3-5-7-9-11-12-10-8-6-4-2/h3,8-12H2,1-2H3. The third kappa shape index (κ3) is 9.12. The van der Waals surface area contributed by atoms with E-state index in [0.29, 0.717) is 0 Å². The predicted octanol–water partition coefficient (Wildman–Crippen LogP) is 3.37. The molecule has 0 N–H and O–H groups in total. The molecule has 0 unspecified atom stereocenters. The molecular formula is C12H18. The van der Waals surface area contributed by atoms with Gasteiger partial charge in [0, 0.05) is 19.3 Å². The van der Waals surface area contributed by atoms with Crippen LogP contribution in [0.1, 0.15) is 52.4 Å². The van der Waals surface area contributed by atoms with Crippen molar-refractivity contribution in [2.45, 2.75) is 52.4 Å². The molecule has 12 heavy (non-hydrogen) atoms. The molecule has 0 aliphatic heterocycles. The summed E-state index contributed by atoms with van der Waals surface area (Å²) in [7, 11) is 0. The van der Waals surface area contributed by atoms with E-state index >= 15 is 0 Å². The molecule has 0 saturated heterocycles. The molecule has 0 aliphatic rings. The normalized spacial score (nSPS) is 7.83. The van der Waals surface area contributed by atoms with Crippen LogP contribution in [0.3, 0.4) is 0 Å². The molecule has 0 radical (unpaired) electrons. The first kappa shape index (κ1) is 11.1. The van der Waals surface area contributed by atoms with Crippen LogP contribution in [0.2, 0.25) is 0 Å². The van der Waals surface area contributed by atoms with Crippen molar-refractivity contribution in [2.24, 2.45) is 0 Å². The van der Waals surface area contributed by atoms with Crippen LogP contribution in [0.4, 0.5) is 0 Å². The zero-order chi connectivity index (χ0) is 9.07. The lowest BCUT2D eigenvalue weighted by Crippen LogP contribution is -1.75. The summed E-state index contributed by atoms with van der Waals surface area (Å²) in [6.07, 6.45) is 6.84. The second kappa shape index (κ2) is 10.1. The van der Waals surface area contributed by atoms with Gasteiger partial charge in [-0.15, -0.1) is 23.7 Å². The zero-order valence-electron chi connectivity index (χ0n) is 8.24. The molecule has 0 saturated carbocycles. The lowest BCUT2D eigenvalue weighted by atomic mass is 10.1. The third-order valence-corrected chi connectivity index (χ3v) is 1.58. The number of unbranched alkanes of at least 4 members (excludes halogenated alkanes) is 4. The largest absolute Gasteiger partial charge is 0.107 e. The van der Waals surface area contributed by atoms with Gasteiger partial charge < -0.3 is 0 Å². The fraction of sp³-hybridized carbons (Fsp3) is 0.667. The van der Waals surface area contributed by atoms with Crippen molar-refractivity contribution in [2.75, 3.05) is 0 Å². The molecule has 66 valence electrons. The lowest BCUT2D eigenvalue weighted by Gasteiger charge is -1.91. The van der Waals surface area contributed by atoms with Crippen LogP contribution in [0.5, 0.6) is 0 Å². The Morgan fingerprint density at radius 2 is 1.50 bits per heavy atom. The highest BCUT2D eigenvalue weighted by Crippen LogP contribution is 2.01. The van der Waals surface area contributed by atoms with E-state index in [1.54, 1.807) is 0 Å². The van der Waals surface area contributed by atoms with Gasteiger partial charge in [0.2, 0.25) is 0 Å². The fourth-order valence-electron chi connectivity index (χ4n) is 0.942. The molecule has 0 aromatic rings. The lowest BCUT2D eigenvalue weighted by molar-refractivity contribution is 0.708. The van der Waals surface area contributed by atoms with E-state index in [4.69, 9.17) is 0 Å². The predicted molar refractivity (Wildman–Crippen MR) is 54.6 cm³/mol. The van der Waals surface area contributed by atoms with Gasteiger partial charge in [0.05, 0.1) is 0 Å². The van der Waals surface area contributed by atoms with Crippen LogP contribution in [-0.2, 0) is 0 Å². The van der Waals surface area contributed by atoms with E-state index in [2.05, 4.69) is 30.6 Å². The molecule has 0 rings (SSSR count). The first-order valence-electron chi connectivity index (χ1n) is 4.77. The molecule has 0 bridgehead atoms. The molecule has 0 heterocycles. The quantitative estimate of drug-likeness (QED) is 0.439. The Morgan fingerprint density at radius 1 is 0.833 bits per heavy atom. The van der Waals surface area contributed by atoms with Gasteiger partial charge in [-0.25, -0.2) is 0 Å². The highest BCUT2D eigenvalue weighted by molar-refractivity contribution is 4.97. The van der Waals surface area contributed by atoms with Gasteiger partial charge in [-0.2, -0.15) is 0 Å². The van der Waals surface area contributed by atoms with Crippen LogP contribution in [-0.4, -0.2) is 0 Å². The maximum Gasteiger partial charge on any atom is 0.00886 e. The van der Waals surface area contributed by atoms with Gasteiger partial charge in [-0.3, -0.25) is 0 Å². The van der Waals surface area contributed by atoms with Crippen molar-refractivity contribution < 1.29 is 0 Å². The molecule has 0 aromatic carbocycles. The summed E-state index contributed by atoms with van der Waals surface area (Å²) in [4.78, 5) is 0. The first-order chi connectivity index (χ1) is 5.91. The molecule has 0 nitrogen and oxygen atoms in total. The highest BCUT2D eigenvalue weighted by Gasteiger charge is 1.84. The molecule has 0 amide bonds. The smallest absolute Gasteiger partial charge is 0.00886 e. The fourth-order valence-corrected chi connectivity index (χ4v) is 0.942. The molecule has 0 spiro atoms. The molecular weight excluding hydrogens is 144 g/mol. The summed E-state index contributed by atoms with van der Waals surface area (Å²) in [5, 5.41) is 0. The van der Waals surface area contributed by atoms with Crippen LogP contribution in [0, 0.1) is 23.7 Å². The molecule has 0 atom stereocenters. The monoisotopic (exact) mass is 162 g/mol. The average Bonchev–Trinajstić information content (AvgIpc) is 2.10. The van der Waals surface area contributed by atoms with Gasteiger partial charge in [0.25, 0.3) is 0 Å². The summed E-state index contributed by atoms with van der Waals surface area (Å²) >= 11 is 0. The van der Waals surface area contributed by atoms with Gasteiger partial charge in [0.15, 0.2) is 0 Å². The third-order valence-electron chi connectivity index (χ3n) is 1.58. The van der Waals surface area contributed by atoms with Crippen LogP contribution >= 0.6 is 0 Å². The second-order valence-corrected chi connectivity index (χ2v) is 2.69. The van der Waals surface area contributed by atoms with Crippen molar-refractivity contribution in [3.05, 3.63) is 0 Å². The Labute approximate surface area is 76.8 Å². The SMILES string of the molecule is CC#CCCCCCC#CCC. The maximum absolute atomic E-state index is 3.14. The first-order valence-corrected chi connectivity index (χ1v) is 4.77. The number of hydrogen-bond donors (Lipinski definition) is 0. The Balaban J connectivity index is 3.04. The van der Waals surface area contributed by atoms with E-state index in [1.165, 1.54) is 19.3 Å². The Hall–Kier alpha value is -0.880. The van der Waals surface area contributed by atoms with Crippen molar-refractivity contribution in [1.82, 2.24) is 0 Å². The van der Waals surface area contributed by atoms with Crippen molar-refractivity contribution in [3.63, 3.8) is 0 Å². The minimum atomic E-state index is 0.987. The summed E-state index contributed by atoms with van der Waals surface area (Å²) in [5.74, 6) is 12.2. The Morgan fingerprint density at radius 3 is 2.08 bits per heavy atom. The van der Waals surface area contributed by atoms with Gasteiger partial charge in [-0.05, 0) is 19.8 Å². The van der Waals surface area contributed by atoms with Crippen LogP contribution < -0.4 is 0 Å². The van der Waals surface area contributed by atoms with Crippen molar-refractivity contribution in [1.29, 1.82) is 0 Å². The summed E-state index contributed by atoms with van der Waals surface area (Å²) < 4.78 is 0. The van der Waals surface area contributed by atoms with Gasteiger partial charge >= 0.3 is 0 Å². The van der Waals surface area contributed by atoms with Crippen LogP contribution in [0.25, 0.3) is 0 Å². The number of rotatable bonds is 4. The molecule has 0 fully saturated rings. The van der Waals surface area contributed by atoms with E-state index < -0.39 is 0 Å². The second-order valence-electron chi connectivity index (χ2n) is 2.69. The minimum absolute atomic E-state index is 0.987. The summed E-state index contributed by atoms with van der Waals surface area (Å²) in [6.45, 7) is 3.98. The summed E-state index contributed by atoms with van der Waals surface area (Å²) in [6, 6.07) is 0. The topological polar surface area (TPSA) is 0 Å². The zero-order valence-corrected chi connectivity index (χ0v) is 8.24. The maximum atomic E-state index is 3.14. The Bertz CT molecular complexity index is 192. The van der Waals surface area contributed by atoms with E-state index in [-0.39, 0.29) is 0 Å². The minimum Gasteiger partial charge on any atom is -0.107 e. The van der Waals surface area contributed by atoms with Crippen molar-refractivity contribution in [3.8, 4) is 23.7 Å². The summed E-state index contributed by atoms with van der Waals surface area (Å²) in [5.41, 5.74) is 0. The highest BCUT2D eigenvalue weighted by atomic mass is 13.9. The molecule has 0 aliphatic carbocycles. The van der Waals surface area contributed by atoms with E-state index in [9.17, 15) is 0 Å². The van der Waals surface area contributed by atoms with E-state index in [0.717, 1.165) is 19.3 Å². The van der Waals surface area contributed by atoms with Gasteiger partial charge in [0.1, 0.15) is 0 Å².